The van der Waals surface area contributed by atoms with Crippen molar-refractivity contribution in [2.75, 3.05) is 24.6 Å². The first-order valence-electron chi connectivity index (χ1n) is 12.5. The van der Waals surface area contributed by atoms with Gasteiger partial charge in [0.1, 0.15) is 29.6 Å². The molecule has 1 fully saturated rings. The van der Waals surface area contributed by atoms with Crippen LogP contribution in [0.2, 0.25) is 5.02 Å². The highest BCUT2D eigenvalue weighted by Crippen LogP contribution is 2.42. The number of hydrogen-bond acceptors (Lipinski definition) is 6. The van der Waals surface area contributed by atoms with Gasteiger partial charge < -0.3 is 14.2 Å². The molecule has 200 valence electrons. The first-order chi connectivity index (χ1) is 18.1. The number of hydrogen-bond donors (Lipinski definition) is 0. The van der Waals surface area contributed by atoms with E-state index < -0.39 is 11.7 Å². The number of aryl methyl sites for hydroxylation is 1. The highest BCUT2D eigenvalue weighted by Gasteiger charge is 2.42. The summed E-state index contributed by atoms with van der Waals surface area (Å²) in [4.78, 5) is 22.1. The Kier molecular flexibility index (Phi) is 6.78. The topological polar surface area (TPSA) is 74.4 Å². The van der Waals surface area contributed by atoms with E-state index in [1.54, 1.807) is 25.2 Å². The fourth-order valence-corrected chi connectivity index (χ4v) is 5.99. The summed E-state index contributed by atoms with van der Waals surface area (Å²) in [6, 6.07) is 9.08. The lowest BCUT2D eigenvalue weighted by atomic mass is 9.94. The molecule has 11 heteroatoms. The number of anilines is 1. The highest BCUT2D eigenvalue weighted by atomic mass is 35.5. The third-order valence-electron chi connectivity index (χ3n) is 7.67. The van der Waals surface area contributed by atoms with Crippen molar-refractivity contribution in [1.29, 1.82) is 5.26 Å². The zero-order valence-corrected chi connectivity index (χ0v) is 22.0. The SMILES string of the molecule is CC[C@@H]1CN2c3c(c(=O)n(C)c4ccc(C#N)nc34)OC[C@@H]2CN1[C@H](CC)c1ccc(Cl)c(C(F)(F)F)c1. The third-order valence-corrected chi connectivity index (χ3v) is 8.00. The molecule has 0 N–H and O–H groups in total. The van der Waals surface area contributed by atoms with E-state index in [0.29, 0.717) is 41.8 Å². The lowest BCUT2D eigenvalue weighted by Gasteiger charge is -2.51. The molecule has 5 rings (SSSR count). The molecular weight excluding hydrogens is 519 g/mol. The van der Waals surface area contributed by atoms with Crippen LogP contribution in [0.3, 0.4) is 0 Å². The summed E-state index contributed by atoms with van der Waals surface area (Å²) in [5.74, 6) is 0.210. The summed E-state index contributed by atoms with van der Waals surface area (Å²) >= 11 is 5.89. The van der Waals surface area contributed by atoms with E-state index in [2.05, 4.69) is 20.9 Å². The maximum atomic E-state index is 13.6. The van der Waals surface area contributed by atoms with Crippen LogP contribution in [-0.4, -0.2) is 46.2 Å². The number of alkyl halides is 3. The number of rotatable bonds is 4. The smallest absolute Gasteiger partial charge is 0.417 e. The number of halogens is 4. The Labute approximate surface area is 223 Å². The van der Waals surface area contributed by atoms with E-state index in [0.717, 1.165) is 12.5 Å². The number of benzene rings is 1. The maximum absolute atomic E-state index is 13.6. The maximum Gasteiger partial charge on any atom is 0.417 e. The average Bonchev–Trinajstić information content (AvgIpc) is 2.90. The van der Waals surface area contributed by atoms with E-state index in [1.165, 1.54) is 10.6 Å². The first-order valence-corrected chi connectivity index (χ1v) is 12.9. The lowest BCUT2D eigenvalue weighted by molar-refractivity contribution is -0.137. The average molecular weight is 546 g/mol. The van der Waals surface area contributed by atoms with Gasteiger partial charge in [0.15, 0.2) is 0 Å². The number of nitrogens with zero attached hydrogens (tertiary/aromatic N) is 5. The fourth-order valence-electron chi connectivity index (χ4n) is 5.77. The molecule has 2 aromatic heterocycles. The molecule has 0 spiro atoms. The van der Waals surface area contributed by atoms with Crippen molar-refractivity contribution in [2.24, 2.45) is 7.05 Å². The van der Waals surface area contributed by atoms with Gasteiger partial charge in [-0.25, -0.2) is 4.98 Å². The first kappa shape index (κ1) is 26.3. The molecule has 2 aliphatic rings. The minimum Gasteiger partial charge on any atom is -0.484 e. The molecule has 7 nitrogen and oxygen atoms in total. The standard InChI is InChI=1S/C27H27ClF3N5O2/c1-4-17-12-36-18(13-35(17)21(5-2)15-6-8-20(28)19(10-15)27(29,30)31)14-38-25-24(36)23-22(34(3)26(25)37)9-7-16(11-32)33-23/h6-10,17-18,21H,4-5,12-14H2,1-3H3/t17-,18+,21-/m1/s1. The molecule has 0 unspecified atom stereocenters. The Morgan fingerprint density at radius 3 is 2.66 bits per heavy atom. The van der Waals surface area contributed by atoms with E-state index in [9.17, 15) is 23.2 Å². The van der Waals surface area contributed by atoms with Gasteiger partial charge in [-0.3, -0.25) is 9.69 Å². The van der Waals surface area contributed by atoms with Gasteiger partial charge in [-0.15, -0.1) is 0 Å². The molecule has 3 atom stereocenters. The van der Waals surface area contributed by atoms with Crippen molar-refractivity contribution in [2.45, 2.75) is 51.0 Å². The van der Waals surface area contributed by atoms with E-state index in [-0.39, 0.29) is 46.8 Å². The summed E-state index contributed by atoms with van der Waals surface area (Å²) in [5, 5.41) is 9.13. The molecule has 1 saturated heterocycles. The minimum absolute atomic E-state index is 0.00887. The minimum atomic E-state index is -4.54. The monoisotopic (exact) mass is 545 g/mol. The number of aromatic nitrogens is 2. The number of ether oxygens (including phenoxy) is 1. The number of nitriles is 1. The van der Waals surface area contributed by atoms with Crippen molar-refractivity contribution in [3.8, 4) is 11.8 Å². The summed E-state index contributed by atoms with van der Waals surface area (Å²) in [5.41, 5.74) is 1.38. The van der Waals surface area contributed by atoms with Crippen molar-refractivity contribution < 1.29 is 17.9 Å². The van der Waals surface area contributed by atoms with Gasteiger partial charge in [0.2, 0.25) is 5.75 Å². The van der Waals surface area contributed by atoms with Crippen LogP contribution in [0.15, 0.2) is 35.1 Å². The van der Waals surface area contributed by atoms with Gasteiger partial charge >= 0.3 is 6.18 Å². The Balaban J connectivity index is 1.57. The van der Waals surface area contributed by atoms with Crippen LogP contribution in [-0.2, 0) is 13.2 Å². The number of pyridine rings is 2. The molecule has 2 aliphatic heterocycles. The predicted octanol–water partition coefficient (Wildman–Crippen LogP) is 5.29. The second-order valence-electron chi connectivity index (χ2n) is 9.76. The van der Waals surface area contributed by atoms with Gasteiger partial charge in [-0.05, 0) is 42.7 Å². The summed E-state index contributed by atoms with van der Waals surface area (Å²) in [7, 11) is 1.65. The molecule has 0 bridgehead atoms. The second-order valence-corrected chi connectivity index (χ2v) is 10.2. The zero-order chi connectivity index (χ0) is 27.4. The largest absolute Gasteiger partial charge is 0.484 e. The normalized spacial score (nSPS) is 20.4. The lowest BCUT2D eigenvalue weighted by Crippen LogP contribution is -2.62. The van der Waals surface area contributed by atoms with Gasteiger partial charge in [0, 0.05) is 32.2 Å². The highest BCUT2D eigenvalue weighted by molar-refractivity contribution is 6.31. The Bertz CT molecular complexity index is 1500. The van der Waals surface area contributed by atoms with Crippen LogP contribution >= 0.6 is 11.6 Å². The van der Waals surface area contributed by atoms with Gasteiger partial charge in [0.05, 0.1) is 22.1 Å². The van der Waals surface area contributed by atoms with Crippen LogP contribution in [0.4, 0.5) is 18.9 Å². The van der Waals surface area contributed by atoms with Crippen molar-refractivity contribution in [1.82, 2.24) is 14.5 Å². The van der Waals surface area contributed by atoms with Crippen molar-refractivity contribution in [3.63, 3.8) is 0 Å². The Morgan fingerprint density at radius 1 is 1.24 bits per heavy atom. The van der Waals surface area contributed by atoms with Crippen LogP contribution in [0, 0.1) is 11.3 Å². The Morgan fingerprint density at radius 2 is 2.00 bits per heavy atom. The van der Waals surface area contributed by atoms with Crippen LogP contribution in [0.25, 0.3) is 11.0 Å². The molecule has 0 amide bonds. The Hall–Kier alpha value is -3.29. The zero-order valence-electron chi connectivity index (χ0n) is 21.2. The molecule has 0 saturated carbocycles. The molecule has 3 aromatic rings. The van der Waals surface area contributed by atoms with E-state index >= 15 is 0 Å². The second kappa shape index (κ2) is 9.79. The molecule has 1 aromatic carbocycles. The summed E-state index contributed by atoms with van der Waals surface area (Å²) in [6.07, 6.45) is -3.19. The summed E-state index contributed by atoms with van der Waals surface area (Å²) < 4.78 is 48.3. The van der Waals surface area contributed by atoms with E-state index in [1.807, 2.05) is 13.8 Å². The quantitative estimate of drug-likeness (QED) is 0.443. The number of fused-ring (bicyclic) bond motifs is 5. The van der Waals surface area contributed by atoms with Crippen LogP contribution < -0.4 is 15.2 Å². The molecule has 4 heterocycles. The predicted molar refractivity (Wildman–Crippen MR) is 139 cm³/mol. The molecule has 0 aliphatic carbocycles. The molecule has 38 heavy (non-hydrogen) atoms. The molecular formula is C27H27ClF3N5O2. The van der Waals surface area contributed by atoms with Gasteiger partial charge in [-0.2, -0.15) is 18.4 Å². The van der Waals surface area contributed by atoms with Crippen LogP contribution in [0.5, 0.6) is 5.75 Å². The fraction of sp³-hybridized carbons (Fsp3) is 0.444. The van der Waals surface area contributed by atoms with Gasteiger partial charge in [0.25, 0.3) is 5.56 Å². The van der Waals surface area contributed by atoms with Crippen molar-refractivity contribution >= 4 is 28.3 Å². The van der Waals surface area contributed by atoms with Crippen LogP contribution in [0.1, 0.15) is 49.6 Å². The van der Waals surface area contributed by atoms with Crippen molar-refractivity contribution in [3.05, 3.63) is 62.5 Å². The van der Waals surface area contributed by atoms with E-state index in [4.69, 9.17) is 16.3 Å². The molecule has 0 radical (unpaired) electrons. The third kappa shape index (κ3) is 4.28. The summed E-state index contributed by atoms with van der Waals surface area (Å²) in [6.45, 7) is 5.32. The van der Waals surface area contributed by atoms with Gasteiger partial charge in [-0.1, -0.05) is 31.5 Å². The number of piperazine rings is 1.